The van der Waals surface area contributed by atoms with Gasteiger partial charge < -0.3 is 0 Å². The summed E-state index contributed by atoms with van der Waals surface area (Å²) in [5, 5.41) is 15.9. The van der Waals surface area contributed by atoms with E-state index in [1.165, 1.54) is 0 Å². The Morgan fingerprint density at radius 3 is 2.43 bits per heavy atom. The van der Waals surface area contributed by atoms with Crippen molar-refractivity contribution >= 4 is 23.2 Å². The van der Waals surface area contributed by atoms with Crippen LogP contribution in [0.25, 0.3) is 34.6 Å². The molecule has 0 amide bonds. The lowest BCUT2D eigenvalue weighted by atomic mass is 9.86. The Morgan fingerprint density at radius 1 is 1.03 bits per heavy atom. The molecule has 0 bridgehead atoms. The van der Waals surface area contributed by atoms with Gasteiger partial charge in [-0.2, -0.15) is 10.4 Å². The van der Waals surface area contributed by atoms with Crippen LogP contribution in [0.5, 0.6) is 0 Å². The molecule has 5 rings (SSSR count). The van der Waals surface area contributed by atoms with Crippen molar-refractivity contribution in [2.24, 2.45) is 7.05 Å². The first-order valence-corrected chi connectivity index (χ1v) is 12.2. The molecule has 3 aromatic heterocycles. The van der Waals surface area contributed by atoms with Crippen molar-refractivity contribution < 1.29 is 0 Å². The minimum atomic E-state index is -0.612. The number of hydrogen-bond acceptors (Lipinski definition) is 4. The lowest BCUT2D eigenvalue weighted by Gasteiger charge is -2.16. The summed E-state index contributed by atoms with van der Waals surface area (Å²) >= 11 is 0. The maximum atomic E-state index is 13.4. The van der Waals surface area contributed by atoms with E-state index >= 15 is 0 Å². The van der Waals surface area contributed by atoms with Crippen LogP contribution >= 0.6 is 0 Å². The highest BCUT2D eigenvalue weighted by Crippen LogP contribution is 2.23. The van der Waals surface area contributed by atoms with Crippen LogP contribution in [0.2, 0.25) is 0 Å². The standard InChI is InChI=1S/C30H28N6O/c1-5-26-25(16-13-22-17-18-35(33-22)23-9-7-6-8-10-23)28-27(19-32-26)34(4)29(37)36(28)24-14-11-21(12-15-24)30(2,3)20-31/h5-12,14-19H,13H2,1-4H3. The van der Waals surface area contributed by atoms with E-state index in [1.807, 2.05) is 98.4 Å². The number of hydrogen-bond donors (Lipinski definition) is 0. The van der Waals surface area contributed by atoms with Crippen molar-refractivity contribution in [3.8, 4) is 17.4 Å². The predicted molar refractivity (Wildman–Crippen MR) is 146 cm³/mol. The third-order valence-corrected chi connectivity index (χ3v) is 6.74. The highest BCUT2D eigenvalue weighted by molar-refractivity contribution is 5.79. The summed E-state index contributed by atoms with van der Waals surface area (Å²) in [6.07, 6.45) is 8.32. The zero-order valence-corrected chi connectivity index (χ0v) is 21.4. The number of pyridine rings is 1. The van der Waals surface area contributed by atoms with E-state index in [1.54, 1.807) is 22.4 Å². The predicted octanol–water partition coefficient (Wildman–Crippen LogP) is 3.53. The summed E-state index contributed by atoms with van der Waals surface area (Å²) in [6, 6.07) is 21.9. The number of nitrogens with zero attached hydrogens (tertiary/aromatic N) is 6. The van der Waals surface area contributed by atoms with Gasteiger partial charge in [0.05, 0.1) is 51.1 Å². The fraction of sp³-hybridized carbons (Fsp3) is 0.200. The number of aryl methyl sites for hydroxylation is 1. The van der Waals surface area contributed by atoms with Crippen molar-refractivity contribution in [2.75, 3.05) is 0 Å². The molecule has 5 aromatic rings. The number of aromatic nitrogens is 5. The Balaban J connectivity index is 1.66. The zero-order chi connectivity index (χ0) is 26.2. The van der Waals surface area contributed by atoms with E-state index in [-0.39, 0.29) is 5.69 Å². The van der Waals surface area contributed by atoms with Crippen molar-refractivity contribution in [3.63, 3.8) is 0 Å². The molecule has 0 N–H and O–H groups in total. The SMILES string of the molecule is CC=c1ncc2c(c1=CCc1ccn(-c3ccccc3)n1)n(-c1ccc(C(C)(C)C#N)cc1)c(=O)n2C. The topological polar surface area (TPSA) is 81.4 Å². The highest BCUT2D eigenvalue weighted by atomic mass is 16.1. The van der Waals surface area contributed by atoms with Gasteiger partial charge in [-0.25, -0.2) is 9.48 Å². The summed E-state index contributed by atoms with van der Waals surface area (Å²) < 4.78 is 5.20. The molecule has 0 aliphatic heterocycles. The summed E-state index contributed by atoms with van der Waals surface area (Å²) in [7, 11) is 1.76. The number of rotatable bonds is 5. The van der Waals surface area contributed by atoms with Gasteiger partial charge in [0.25, 0.3) is 0 Å². The average molecular weight is 489 g/mol. The van der Waals surface area contributed by atoms with Crippen LogP contribution in [0, 0.1) is 11.3 Å². The van der Waals surface area contributed by atoms with Gasteiger partial charge in [0.2, 0.25) is 0 Å². The van der Waals surface area contributed by atoms with Crippen molar-refractivity contribution in [3.05, 3.63) is 105 Å². The van der Waals surface area contributed by atoms with E-state index in [9.17, 15) is 10.1 Å². The molecule has 0 fully saturated rings. The van der Waals surface area contributed by atoms with Gasteiger partial charge in [-0.3, -0.25) is 14.1 Å². The quantitative estimate of drug-likeness (QED) is 0.379. The van der Waals surface area contributed by atoms with E-state index in [0.717, 1.165) is 44.2 Å². The van der Waals surface area contributed by atoms with E-state index in [0.29, 0.717) is 6.42 Å². The maximum absolute atomic E-state index is 13.4. The molecule has 0 atom stereocenters. The van der Waals surface area contributed by atoms with Crippen LogP contribution in [-0.4, -0.2) is 23.9 Å². The first-order chi connectivity index (χ1) is 17.8. The van der Waals surface area contributed by atoms with Gasteiger partial charge in [0.15, 0.2) is 0 Å². The molecule has 0 saturated carbocycles. The van der Waals surface area contributed by atoms with E-state index in [4.69, 9.17) is 5.10 Å². The Bertz CT molecular complexity index is 1810. The molecule has 0 aliphatic rings. The number of fused-ring (bicyclic) bond motifs is 1. The normalized spacial score (nSPS) is 12.8. The molecule has 0 unspecified atom stereocenters. The van der Waals surface area contributed by atoms with Crippen molar-refractivity contribution in [2.45, 2.75) is 32.6 Å². The van der Waals surface area contributed by atoms with Crippen LogP contribution in [0.1, 0.15) is 32.0 Å². The molecule has 2 aromatic carbocycles. The first-order valence-electron chi connectivity index (χ1n) is 12.2. The minimum absolute atomic E-state index is 0.152. The van der Waals surface area contributed by atoms with Gasteiger partial charge in [-0.1, -0.05) is 42.5 Å². The number of benzene rings is 2. The van der Waals surface area contributed by atoms with Gasteiger partial charge in [0, 0.05) is 24.9 Å². The van der Waals surface area contributed by atoms with Crippen LogP contribution in [0.3, 0.4) is 0 Å². The minimum Gasteiger partial charge on any atom is -0.293 e. The number of nitriles is 1. The molecule has 0 radical (unpaired) electrons. The lowest BCUT2D eigenvalue weighted by molar-refractivity contribution is 0.686. The zero-order valence-electron chi connectivity index (χ0n) is 21.4. The molecule has 184 valence electrons. The summed E-state index contributed by atoms with van der Waals surface area (Å²) in [4.78, 5) is 18.1. The number of para-hydroxylation sites is 1. The molecular formula is C30H28N6O. The highest BCUT2D eigenvalue weighted by Gasteiger charge is 2.20. The largest absolute Gasteiger partial charge is 0.333 e. The van der Waals surface area contributed by atoms with Gasteiger partial charge >= 0.3 is 5.69 Å². The molecule has 0 saturated heterocycles. The summed E-state index contributed by atoms with van der Waals surface area (Å²) in [5.74, 6) is 0. The van der Waals surface area contributed by atoms with Crippen molar-refractivity contribution in [1.82, 2.24) is 23.9 Å². The maximum Gasteiger partial charge on any atom is 0.333 e. The Kier molecular flexibility index (Phi) is 6.10. The van der Waals surface area contributed by atoms with Crippen LogP contribution in [-0.2, 0) is 18.9 Å². The van der Waals surface area contributed by atoms with Gasteiger partial charge in [0.1, 0.15) is 0 Å². The molecule has 0 spiro atoms. The first kappa shape index (κ1) is 24.0. The molecule has 0 aliphatic carbocycles. The second-order valence-electron chi connectivity index (χ2n) is 9.54. The third kappa shape index (κ3) is 4.27. The Hall–Kier alpha value is -4.70. The van der Waals surface area contributed by atoms with E-state index < -0.39 is 5.41 Å². The second-order valence-corrected chi connectivity index (χ2v) is 9.54. The monoisotopic (exact) mass is 488 g/mol. The van der Waals surface area contributed by atoms with Crippen LogP contribution < -0.4 is 16.3 Å². The van der Waals surface area contributed by atoms with E-state index in [2.05, 4.69) is 17.1 Å². The molecule has 7 nitrogen and oxygen atoms in total. The fourth-order valence-electron chi connectivity index (χ4n) is 4.51. The summed E-state index contributed by atoms with van der Waals surface area (Å²) in [6.45, 7) is 5.71. The molecular weight excluding hydrogens is 460 g/mol. The fourth-order valence-corrected chi connectivity index (χ4v) is 4.51. The molecule has 3 heterocycles. The van der Waals surface area contributed by atoms with Crippen molar-refractivity contribution in [1.29, 1.82) is 5.26 Å². The Morgan fingerprint density at radius 2 is 1.76 bits per heavy atom. The van der Waals surface area contributed by atoms with Gasteiger partial charge in [-0.05, 0) is 56.7 Å². The van der Waals surface area contributed by atoms with Crippen LogP contribution in [0.4, 0.5) is 0 Å². The summed E-state index contributed by atoms with van der Waals surface area (Å²) in [5.41, 5.74) is 4.33. The third-order valence-electron chi connectivity index (χ3n) is 6.74. The average Bonchev–Trinajstić information content (AvgIpc) is 3.50. The van der Waals surface area contributed by atoms with Crippen LogP contribution in [0.15, 0.2) is 77.9 Å². The smallest absolute Gasteiger partial charge is 0.293 e. The second kappa shape index (κ2) is 9.40. The Labute approximate surface area is 214 Å². The molecule has 7 heteroatoms. The van der Waals surface area contributed by atoms with Gasteiger partial charge in [-0.15, -0.1) is 0 Å². The number of imidazole rings is 1. The molecule has 37 heavy (non-hydrogen) atoms. The lowest BCUT2D eigenvalue weighted by Crippen LogP contribution is -2.31.